The quantitative estimate of drug-likeness (QED) is 0.653. The van der Waals surface area contributed by atoms with E-state index in [4.69, 9.17) is 0 Å². The topological polar surface area (TPSA) is 86.2 Å². The Labute approximate surface area is 101 Å². The van der Waals surface area contributed by atoms with Crippen molar-refractivity contribution < 1.29 is 5.11 Å². The number of hydrogen-bond donors (Lipinski definition) is 3. The van der Waals surface area contributed by atoms with Gasteiger partial charge in [0.25, 0.3) is 0 Å². The minimum atomic E-state index is -0.447. The SMILES string of the molecule is CCNc1nc(NCC(C)O)nc(N(C)C)n1. The first-order valence-electron chi connectivity index (χ1n) is 5.62. The maximum atomic E-state index is 9.21. The van der Waals surface area contributed by atoms with E-state index in [-0.39, 0.29) is 0 Å². The molecule has 3 N–H and O–H groups in total. The van der Waals surface area contributed by atoms with Crippen molar-refractivity contribution in [3.63, 3.8) is 0 Å². The average molecular weight is 240 g/mol. The lowest BCUT2D eigenvalue weighted by Gasteiger charge is -2.14. The summed E-state index contributed by atoms with van der Waals surface area (Å²) in [7, 11) is 3.73. The fraction of sp³-hybridized carbons (Fsp3) is 0.700. The van der Waals surface area contributed by atoms with E-state index < -0.39 is 6.10 Å². The average Bonchev–Trinajstić information content (AvgIpc) is 2.26. The highest BCUT2D eigenvalue weighted by atomic mass is 16.3. The van der Waals surface area contributed by atoms with Gasteiger partial charge in [-0.1, -0.05) is 0 Å². The van der Waals surface area contributed by atoms with Crippen LogP contribution in [0.2, 0.25) is 0 Å². The zero-order valence-electron chi connectivity index (χ0n) is 10.7. The van der Waals surface area contributed by atoms with Gasteiger partial charge in [-0.15, -0.1) is 0 Å². The smallest absolute Gasteiger partial charge is 0.231 e. The summed E-state index contributed by atoms with van der Waals surface area (Å²) in [6, 6.07) is 0. The maximum absolute atomic E-state index is 9.21. The molecule has 1 unspecified atom stereocenters. The molecule has 96 valence electrons. The van der Waals surface area contributed by atoms with Crippen molar-refractivity contribution in [1.82, 2.24) is 15.0 Å². The number of aliphatic hydroxyl groups is 1. The van der Waals surface area contributed by atoms with Gasteiger partial charge in [-0.25, -0.2) is 0 Å². The molecular formula is C10H20N6O. The lowest BCUT2D eigenvalue weighted by Crippen LogP contribution is -2.20. The summed E-state index contributed by atoms with van der Waals surface area (Å²) in [6.07, 6.45) is -0.447. The molecule has 0 saturated carbocycles. The number of nitrogens with one attached hydrogen (secondary N) is 2. The van der Waals surface area contributed by atoms with Gasteiger partial charge >= 0.3 is 0 Å². The molecule has 1 heterocycles. The molecule has 7 nitrogen and oxygen atoms in total. The van der Waals surface area contributed by atoms with Crippen LogP contribution in [-0.4, -0.2) is 53.3 Å². The highest BCUT2D eigenvalue weighted by Crippen LogP contribution is 2.11. The van der Waals surface area contributed by atoms with Crippen molar-refractivity contribution in [2.75, 3.05) is 42.7 Å². The number of hydrogen-bond acceptors (Lipinski definition) is 7. The molecule has 7 heteroatoms. The molecule has 1 atom stereocenters. The van der Waals surface area contributed by atoms with Crippen molar-refractivity contribution in [2.45, 2.75) is 20.0 Å². The monoisotopic (exact) mass is 240 g/mol. The Bertz CT molecular complexity index is 355. The molecule has 0 aromatic carbocycles. The van der Waals surface area contributed by atoms with Gasteiger partial charge in [0.05, 0.1) is 6.10 Å². The Morgan fingerprint density at radius 1 is 1.18 bits per heavy atom. The second kappa shape index (κ2) is 6.19. The third kappa shape index (κ3) is 4.39. The summed E-state index contributed by atoms with van der Waals surface area (Å²) in [5, 5.41) is 15.2. The van der Waals surface area contributed by atoms with Crippen LogP contribution in [0, 0.1) is 0 Å². The molecule has 0 aliphatic heterocycles. The number of anilines is 3. The van der Waals surface area contributed by atoms with Crippen LogP contribution in [0.3, 0.4) is 0 Å². The molecule has 1 aromatic heterocycles. The summed E-state index contributed by atoms with van der Waals surface area (Å²) in [4.78, 5) is 14.5. The van der Waals surface area contributed by atoms with E-state index in [0.29, 0.717) is 24.4 Å². The van der Waals surface area contributed by atoms with Crippen molar-refractivity contribution in [3.8, 4) is 0 Å². The molecule has 0 saturated heterocycles. The van der Waals surface area contributed by atoms with E-state index in [1.54, 1.807) is 11.8 Å². The van der Waals surface area contributed by atoms with Crippen LogP contribution >= 0.6 is 0 Å². The van der Waals surface area contributed by atoms with Crippen LogP contribution in [0.25, 0.3) is 0 Å². The second-order valence-electron chi connectivity index (χ2n) is 3.94. The molecule has 0 amide bonds. The van der Waals surface area contributed by atoms with Crippen molar-refractivity contribution in [3.05, 3.63) is 0 Å². The summed E-state index contributed by atoms with van der Waals surface area (Å²) >= 11 is 0. The highest BCUT2D eigenvalue weighted by molar-refractivity contribution is 5.42. The third-order valence-electron chi connectivity index (χ3n) is 1.91. The summed E-state index contributed by atoms with van der Waals surface area (Å²) in [5.74, 6) is 1.56. The Morgan fingerprint density at radius 3 is 2.24 bits per heavy atom. The van der Waals surface area contributed by atoms with Crippen molar-refractivity contribution >= 4 is 17.8 Å². The molecule has 0 bridgehead atoms. The fourth-order valence-corrected chi connectivity index (χ4v) is 1.12. The molecule has 0 spiro atoms. The molecule has 0 fully saturated rings. The van der Waals surface area contributed by atoms with Gasteiger partial charge in [0, 0.05) is 27.2 Å². The second-order valence-corrected chi connectivity index (χ2v) is 3.94. The zero-order chi connectivity index (χ0) is 12.8. The Hall–Kier alpha value is -1.63. The first kappa shape index (κ1) is 13.4. The summed E-state index contributed by atoms with van der Waals surface area (Å²) in [6.45, 7) is 4.82. The Kier molecular flexibility index (Phi) is 4.89. The zero-order valence-corrected chi connectivity index (χ0v) is 10.7. The van der Waals surface area contributed by atoms with Crippen LogP contribution in [0.5, 0.6) is 0 Å². The van der Waals surface area contributed by atoms with Crippen LogP contribution in [-0.2, 0) is 0 Å². The van der Waals surface area contributed by atoms with E-state index in [2.05, 4.69) is 25.6 Å². The van der Waals surface area contributed by atoms with Gasteiger partial charge in [0.15, 0.2) is 0 Å². The van der Waals surface area contributed by atoms with E-state index in [0.717, 1.165) is 6.54 Å². The predicted molar refractivity (Wildman–Crippen MR) is 68.5 cm³/mol. The van der Waals surface area contributed by atoms with E-state index in [1.165, 1.54) is 0 Å². The van der Waals surface area contributed by atoms with Crippen LogP contribution < -0.4 is 15.5 Å². The molecule has 1 aromatic rings. The van der Waals surface area contributed by atoms with E-state index >= 15 is 0 Å². The predicted octanol–water partition coefficient (Wildman–Crippen LogP) is 0.162. The van der Waals surface area contributed by atoms with Crippen molar-refractivity contribution in [1.29, 1.82) is 0 Å². The molecule has 0 aliphatic carbocycles. The normalized spacial score (nSPS) is 12.1. The van der Waals surface area contributed by atoms with Crippen LogP contribution in [0.1, 0.15) is 13.8 Å². The Morgan fingerprint density at radius 2 is 1.76 bits per heavy atom. The molecule has 0 aliphatic rings. The first-order chi connectivity index (χ1) is 8.02. The number of aliphatic hydroxyl groups excluding tert-OH is 1. The maximum Gasteiger partial charge on any atom is 0.231 e. The lowest BCUT2D eigenvalue weighted by atomic mass is 10.4. The van der Waals surface area contributed by atoms with Gasteiger partial charge in [-0.05, 0) is 13.8 Å². The summed E-state index contributed by atoms with van der Waals surface area (Å²) in [5.41, 5.74) is 0. The summed E-state index contributed by atoms with van der Waals surface area (Å²) < 4.78 is 0. The van der Waals surface area contributed by atoms with E-state index in [1.807, 2.05) is 21.0 Å². The first-order valence-corrected chi connectivity index (χ1v) is 5.62. The van der Waals surface area contributed by atoms with Gasteiger partial charge in [-0.2, -0.15) is 15.0 Å². The fourth-order valence-electron chi connectivity index (χ4n) is 1.12. The molecular weight excluding hydrogens is 220 g/mol. The largest absolute Gasteiger partial charge is 0.392 e. The standard InChI is InChI=1S/C10H20N6O/c1-5-11-8-13-9(12-6-7(2)17)15-10(14-8)16(3)4/h7,17H,5-6H2,1-4H3,(H2,11,12,13,14,15). The van der Waals surface area contributed by atoms with Gasteiger partial charge in [-0.3, -0.25) is 0 Å². The molecule has 1 rings (SSSR count). The van der Waals surface area contributed by atoms with Crippen LogP contribution in [0.4, 0.5) is 17.8 Å². The molecule has 0 radical (unpaired) electrons. The van der Waals surface area contributed by atoms with E-state index in [9.17, 15) is 5.11 Å². The third-order valence-corrected chi connectivity index (χ3v) is 1.91. The van der Waals surface area contributed by atoms with Crippen molar-refractivity contribution in [2.24, 2.45) is 0 Å². The lowest BCUT2D eigenvalue weighted by molar-refractivity contribution is 0.208. The number of aromatic nitrogens is 3. The minimum Gasteiger partial charge on any atom is -0.392 e. The number of nitrogens with zero attached hydrogens (tertiary/aromatic N) is 4. The minimum absolute atomic E-state index is 0.405. The van der Waals surface area contributed by atoms with Gasteiger partial charge in [0.1, 0.15) is 0 Å². The Balaban J connectivity index is 2.87. The number of rotatable bonds is 6. The van der Waals surface area contributed by atoms with Crippen LogP contribution in [0.15, 0.2) is 0 Å². The highest BCUT2D eigenvalue weighted by Gasteiger charge is 2.07. The van der Waals surface area contributed by atoms with Gasteiger partial charge < -0.3 is 20.6 Å². The molecule has 17 heavy (non-hydrogen) atoms. The van der Waals surface area contributed by atoms with Gasteiger partial charge in [0.2, 0.25) is 17.8 Å².